The molecule has 1 N–H and O–H groups in total. The first-order chi connectivity index (χ1) is 15.4. The number of nitrogens with zero attached hydrogens (tertiary/aromatic N) is 4. The molecule has 0 aliphatic heterocycles. The molecular weight excluding hydrogens is 478 g/mol. The van der Waals surface area contributed by atoms with Crippen molar-refractivity contribution in [2.45, 2.75) is 0 Å². The number of rotatable bonds is 7. The van der Waals surface area contributed by atoms with E-state index < -0.39 is 4.92 Å². The molecule has 0 aliphatic carbocycles. The summed E-state index contributed by atoms with van der Waals surface area (Å²) in [6.07, 6.45) is 2.95. The minimum absolute atomic E-state index is 0.0270. The van der Waals surface area contributed by atoms with Gasteiger partial charge in [-0.15, -0.1) is 0 Å². The molecule has 0 saturated carbocycles. The second kappa shape index (κ2) is 10.1. The maximum absolute atomic E-state index is 11.4. The van der Waals surface area contributed by atoms with Crippen LogP contribution in [0.25, 0.3) is 6.08 Å². The van der Waals surface area contributed by atoms with Crippen molar-refractivity contribution >= 4 is 39.2 Å². The Balaban J connectivity index is 1.96. The summed E-state index contributed by atoms with van der Waals surface area (Å²) >= 11 is 3.41. The third-order valence-electron chi connectivity index (χ3n) is 4.13. The van der Waals surface area contributed by atoms with Crippen LogP contribution in [0, 0.1) is 32.8 Å². The lowest BCUT2D eigenvalue weighted by molar-refractivity contribution is -0.384. The van der Waals surface area contributed by atoms with Gasteiger partial charge in [0.2, 0.25) is 11.7 Å². The van der Waals surface area contributed by atoms with Crippen LogP contribution in [0.2, 0.25) is 0 Å². The molecule has 10 heteroatoms. The fraction of sp³-hybridized carbons (Fsp3) is 0.0455. The second-order valence-electron chi connectivity index (χ2n) is 6.19. The molecule has 0 unspecified atom stereocenters. The molecule has 2 aromatic carbocycles. The number of nitrogens with one attached hydrogen (secondary N) is 1. The summed E-state index contributed by atoms with van der Waals surface area (Å²) in [5, 5.41) is 32.0. The van der Waals surface area contributed by atoms with E-state index in [1.54, 1.807) is 42.5 Å². The lowest BCUT2D eigenvalue weighted by Crippen LogP contribution is -2.01. The van der Waals surface area contributed by atoms with Gasteiger partial charge in [-0.2, -0.15) is 15.5 Å². The van der Waals surface area contributed by atoms with Gasteiger partial charge in [-0.05, 0) is 64.0 Å². The first-order valence-corrected chi connectivity index (χ1v) is 9.78. The summed E-state index contributed by atoms with van der Waals surface area (Å²) in [4.78, 5) is 15.1. The molecule has 0 amide bonds. The van der Waals surface area contributed by atoms with Crippen LogP contribution in [-0.4, -0.2) is 17.0 Å². The minimum atomic E-state index is -0.560. The van der Waals surface area contributed by atoms with Crippen molar-refractivity contribution in [2.24, 2.45) is 0 Å². The zero-order valence-electron chi connectivity index (χ0n) is 16.6. The van der Waals surface area contributed by atoms with Crippen LogP contribution in [0.1, 0.15) is 11.1 Å². The summed E-state index contributed by atoms with van der Waals surface area (Å²) in [6, 6.07) is 16.4. The number of hydrogen-bond donors (Lipinski definition) is 1. The molecule has 3 aromatic rings. The average Bonchev–Trinajstić information content (AvgIpc) is 2.79. The number of nitro groups is 1. The van der Waals surface area contributed by atoms with E-state index in [9.17, 15) is 10.1 Å². The van der Waals surface area contributed by atoms with Gasteiger partial charge in [0, 0.05) is 23.9 Å². The Kier molecular flexibility index (Phi) is 7.01. The maximum atomic E-state index is 11.4. The smallest absolute Gasteiger partial charge is 0.311 e. The molecule has 9 nitrogen and oxygen atoms in total. The van der Waals surface area contributed by atoms with Crippen LogP contribution in [0.4, 0.5) is 17.2 Å². The summed E-state index contributed by atoms with van der Waals surface area (Å²) in [6.45, 7) is 0. The monoisotopic (exact) mass is 491 g/mol. The van der Waals surface area contributed by atoms with E-state index in [2.05, 4.69) is 26.2 Å². The third-order valence-corrected chi connectivity index (χ3v) is 4.72. The molecule has 0 saturated heterocycles. The summed E-state index contributed by atoms with van der Waals surface area (Å²) in [7, 11) is 1.47. The molecule has 32 heavy (non-hydrogen) atoms. The summed E-state index contributed by atoms with van der Waals surface area (Å²) in [5.74, 6) is 0.748. The Bertz CT molecular complexity index is 1280. The van der Waals surface area contributed by atoms with Gasteiger partial charge < -0.3 is 14.8 Å². The first-order valence-electron chi connectivity index (χ1n) is 8.99. The van der Waals surface area contributed by atoms with Crippen molar-refractivity contribution in [1.82, 2.24) is 4.98 Å². The van der Waals surface area contributed by atoms with E-state index in [0.717, 1.165) is 0 Å². The van der Waals surface area contributed by atoms with Gasteiger partial charge in [0.15, 0.2) is 11.5 Å². The number of halogens is 1. The van der Waals surface area contributed by atoms with E-state index in [0.29, 0.717) is 32.8 Å². The largest absolute Gasteiger partial charge is 0.493 e. The highest BCUT2D eigenvalue weighted by molar-refractivity contribution is 9.10. The van der Waals surface area contributed by atoms with E-state index >= 15 is 0 Å². The molecule has 1 aromatic heterocycles. The number of hydrogen-bond acceptors (Lipinski definition) is 8. The number of pyridine rings is 1. The average molecular weight is 492 g/mol. The highest BCUT2D eigenvalue weighted by Crippen LogP contribution is 2.40. The maximum Gasteiger partial charge on any atom is 0.311 e. The van der Waals surface area contributed by atoms with Crippen LogP contribution in [0.3, 0.4) is 0 Å². The summed E-state index contributed by atoms with van der Waals surface area (Å²) in [5.41, 5.74) is 1.44. The van der Waals surface area contributed by atoms with Gasteiger partial charge in [0.05, 0.1) is 34.2 Å². The number of allylic oxidation sites excluding steroid dienone is 1. The second-order valence-corrected chi connectivity index (χ2v) is 7.04. The topological polar surface area (TPSA) is 134 Å². The van der Waals surface area contributed by atoms with E-state index in [-0.39, 0.29) is 17.4 Å². The Hall–Kier alpha value is -4.41. The molecule has 0 fully saturated rings. The van der Waals surface area contributed by atoms with Crippen molar-refractivity contribution < 1.29 is 14.4 Å². The molecule has 158 valence electrons. The number of anilines is 2. The standard InChI is InChI=1S/C22H14BrN5O4/c1-31-19-12-15(3-2-10-24)11-17(23)21(19)32-20-9-8-18(28(29)30)22(27-20)26-16-6-4-14(13-25)5-7-16/h2-9,11-12H,1H3,(H,26,27)/b3-2+. The van der Waals surface area contributed by atoms with Gasteiger partial charge in [0.1, 0.15) is 0 Å². The molecule has 0 aliphatic rings. The van der Waals surface area contributed by atoms with Crippen LogP contribution < -0.4 is 14.8 Å². The molecule has 0 bridgehead atoms. The van der Waals surface area contributed by atoms with Crippen LogP contribution in [0.5, 0.6) is 17.4 Å². The Morgan fingerprint density at radius 1 is 1.19 bits per heavy atom. The lowest BCUT2D eigenvalue weighted by Gasteiger charge is -2.14. The van der Waals surface area contributed by atoms with E-state index in [1.807, 2.05) is 12.1 Å². The fourth-order valence-electron chi connectivity index (χ4n) is 2.67. The SMILES string of the molecule is COc1cc(/C=C/C#N)cc(Br)c1Oc1ccc([N+](=O)[O-])c(Nc2ccc(C#N)cc2)n1. The van der Waals surface area contributed by atoms with Gasteiger partial charge in [-0.1, -0.05) is 0 Å². The lowest BCUT2D eigenvalue weighted by atomic mass is 10.2. The number of ether oxygens (including phenoxy) is 2. The third kappa shape index (κ3) is 5.19. The van der Waals surface area contributed by atoms with Crippen LogP contribution >= 0.6 is 15.9 Å². The number of aromatic nitrogens is 1. The summed E-state index contributed by atoms with van der Waals surface area (Å²) < 4.78 is 11.8. The molecule has 1 heterocycles. The Labute approximate surface area is 191 Å². The van der Waals surface area contributed by atoms with Crippen molar-refractivity contribution in [3.8, 4) is 29.5 Å². The first kappa shape index (κ1) is 22.3. The predicted molar refractivity (Wildman–Crippen MR) is 121 cm³/mol. The Morgan fingerprint density at radius 3 is 2.56 bits per heavy atom. The number of nitriles is 2. The highest BCUT2D eigenvalue weighted by atomic mass is 79.9. The van der Waals surface area contributed by atoms with Crippen molar-refractivity contribution in [2.75, 3.05) is 12.4 Å². The van der Waals surface area contributed by atoms with Crippen molar-refractivity contribution in [3.05, 3.63) is 80.3 Å². The highest BCUT2D eigenvalue weighted by Gasteiger charge is 2.19. The fourth-order valence-corrected chi connectivity index (χ4v) is 3.21. The van der Waals surface area contributed by atoms with Crippen LogP contribution in [-0.2, 0) is 0 Å². The van der Waals surface area contributed by atoms with E-state index in [4.69, 9.17) is 20.0 Å². The van der Waals surface area contributed by atoms with Crippen molar-refractivity contribution in [1.29, 1.82) is 10.5 Å². The molecule has 3 rings (SSSR count). The molecule has 0 radical (unpaired) electrons. The van der Waals surface area contributed by atoms with Gasteiger partial charge in [-0.25, -0.2) is 0 Å². The van der Waals surface area contributed by atoms with E-state index in [1.165, 1.54) is 25.3 Å². The zero-order valence-corrected chi connectivity index (χ0v) is 18.2. The molecule has 0 atom stereocenters. The van der Waals surface area contributed by atoms with Gasteiger partial charge in [0.25, 0.3) is 0 Å². The number of methoxy groups -OCH3 is 1. The van der Waals surface area contributed by atoms with Crippen molar-refractivity contribution in [3.63, 3.8) is 0 Å². The minimum Gasteiger partial charge on any atom is -0.493 e. The number of benzene rings is 2. The quantitative estimate of drug-likeness (QED) is 0.252. The normalized spacial score (nSPS) is 10.2. The molecular formula is C22H14BrN5O4. The predicted octanol–water partition coefficient (Wildman–Crippen LogP) is 5.71. The Morgan fingerprint density at radius 2 is 1.94 bits per heavy atom. The molecule has 0 spiro atoms. The van der Waals surface area contributed by atoms with Gasteiger partial charge >= 0.3 is 5.69 Å². The van der Waals surface area contributed by atoms with Gasteiger partial charge in [-0.3, -0.25) is 10.1 Å². The zero-order chi connectivity index (χ0) is 23.1. The van der Waals surface area contributed by atoms with Crippen LogP contribution in [0.15, 0.2) is 59.1 Å².